The Kier molecular flexibility index (Phi) is 4.47. The summed E-state index contributed by atoms with van der Waals surface area (Å²) in [6.07, 6.45) is 2.33. The molecule has 0 saturated heterocycles. The maximum Gasteiger partial charge on any atom is 0.166 e. The zero-order valence-electron chi connectivity index (χ0n) is 8.80. The smallest absolute Gasteiger partial charge is 0.166 e. The molecule has 0 bridgehead atoms. The molecule has 0 aliphatic heterocycles. The fourth-order valence-corrected chi connectivity index (χ4v) is 1.67. The van der Waals surface area contributed by atoms with Gasteiger partial charge in [0.1, 0.15) is 0 Å². The van der Waals surface area contributed by atoms with E-state index in [0.29, 0.717) is 4.47 Å². The van der Waals surface area contributed by atoms with Crippen molar-refractivity contribution in [2.45, 2.75) is 32.4 Å². The van der Waals surface area contributed by atoms with E-state index >= 15 is 0 Å². The molecule has 0 amide bonds. The summed E-state index contributed by atoms with van der Waals surface area (Å²) in [5.74, 6) is -0.0905. The van der Waals surface area contributed by atoms with Crippen molar-refractivity contribution >= 4 is 21.7 Å². The van der Waals surface area contributed by atoms with E-state index < -0.39 is 0 Å². The number of hydrogen-bond acceptors (Lipinski definition) is 3. The predicted molar refractivity (Wildman–Crippen MR) is 63.2 cm³/mol. The lowest BCUT2D eigenvalue weighted by Gasteiger charge is -2.16. The van der Waals surface area contributed by atoms with Crippen LogP contribution in [0.2, 0.25) is 0 Å². The van der Waals surface area contributed by atoms with Gasteiger partial charge in [-0.15, -0.1) is 0 Å². The van der Waals surface area contributed by atoms with Crippen LogP contribution in [0.5, 0.6) is 0 Å². The van der Waals surface area contributed by atoms with Gasteiger partial charge < -0.3 is 11.1 Å². The lowest BCUT2D eigenvalue weighted by molar-refractivity contribution is 0.586. The highest BCUT2D eigenvalue weighted by atomic mass is 79.9. The standard InChI is InChI=1S/C10H15BrFN3/c1-6(13)3-7(2)15-10-9(12)4-8(11)5-14-10/h4-7H,3,13H2,1-2H3,(H,14,15). The molecule has 1 aromatic rings. The van der Waals surface area contributed by atoms with Crippen molar-refractivity contribution in [2.24, 2.45) is 5.73 Å². The van der Waals surface area contributed by atoms with Crippen molar-refractivity contribution in [1.29, 1.82) is 0 Å². The average Bonchev–Trinajstić information content (AvgIpc) is 2.08. The maximum absolute atomic E-state index is 13.4. The highest BCUT2D eigenvalue weighted by Crippen LogP contribution is 2.17. The molecule has 2 atom stereocenters. The SMILES string of the molecule is CC(N)CC(C)Nc1ncc(Br)cc1F. The van der Waals surface area contributed by atoms with Crippen LogP contribution in [0.15, 0.2) is 16.7 Å². The third-order valence-electron chi connectivity index (χ3n) is 1.92. The Bertz CT molecular complexity index is 330. The monoisotopic (exact) mass is 275 g/mol. The Hall–Kier alpha value is -0.680. The molecule has 15 heavy (non-hydrogen) atoms. The van der Waals surface area contributed by atoms with Crippen LogP contribution in [0.4, 0.5) is 10.2 Å². The number of pyridine rings is 1. The van der Waals surface area contributed by atoms with E-state index in [1.807, 2.05) is 13.8 Å². The molecular weight excluding hydrogens is 261 g/mol. The summed E-state index contributed by atoms with van der Waals surface area (Å²) in [5.41, 5.74) is 5.65. The van der Waals surface area contributed by atoms with Crippen LogP contribution in [0.3, 0.4) is 0 Å². The number of aromatic nitrogens is 1. The minimum absolute atomic E-state index is 0.0889. The van der Waals surface area contributed by atoms with Crippen molar-refractivity contribution in [3.63, 3.8) is 0 Å². The quantitative estimate of drug-likeness (QED) is 0.888. The van der Waals surface area contributed by atoms with Gasteiger partial charge in [0.15, 0.2) is 11.6 Å². The van der Waals surface area contributed by atoms with E-state index in [1.165, 1.54) is 6.07 Å². The first kappa shape index (κ1) is 12.4. The summed E-state index contributed by atoms with van der Waals surface area (Å²) in [4.78, 5) is 3.95. The third-order valence-corrected chi connectivity index (χ3v) is 2.35. The Labute approximate surface area is 97.4 Å². The van der Waals surface area contributed by atoms with Crippen LogP contribution in [0, 0.1) is 5.82 Å². The first-order valence-corrected chi connectivity index (χ1v) is 5.61. The van der Waals surface area contributed by atoms with Crippen molar-refractivity contribution in [3.8, 4) is 0 Å². The first-order chi connectivity index (χ1) is 6.99. The van der Waals surface area contributed by atoms with E-state index in [-0.39, 0.29) is 23.7 Å². The van der Waals surface area contributed by atoms with Gasteiger partial charge >= 0.3 is 0 Å². The maximum atomic E-state index is 13.4. The molecule has 0 aromatic carbocycles. The molecule has 1 rings (SSSR count). The summed E-state index contributed by atoms with van der Waals surface area (Å²) in [6.45, 7) is 3.87. The molecule has 0 spiro atoms. The number of nitrogens with two attached hydrogens (primary N) is 1. The first-order valence-electron chi connectivity index (χ1n) is 4.82. The van der Waals surface area contributed by atoms with Crippen LogP contribution in [-0.4, -0.2) is 17.1 Å². The minimum Gasteiger partial charge on any atom is -0.365 e. The molecule has 0 aliphatic carbocycles. The van der Waals surface area contributed by atoms with Gasteiger partial charge in [-0.1, -0.05) is 0 Å². The van der Waals surface area contributed by atoms with Crippen LogP contribution in [0.1, 0.15) is 20.3 Å². The molecule has 3 N–H and O–H groups in total. The second-order valence-corrected chi connectivity index (χ2v) is 4.66. The zero-order chi connectivity index (χ0) is 11.4. The van der Waals surface area contributed by atoms with Gasteiger partial charge in [0.25, 0.3) is 0 Å². The van der Waals surface area contributed by atoms with Crippen LogP contribution in [0.25, 0.3) is 0 Å². The molecule has 0 fully saturated rings. The Morgan fingerprint density at radius 3 is 2.80 bits per heavy atom. The molecule has 0 saturated carbocycles. The molecule has 3 nitrogen and oxygen atoms in total. The van der Waals surface area contributed by atoms with Gasteiger partial charge in [-0.05, 0) is 42.3 Å². The van der Waals surface area contributed by atoms with Crippen LogP contribution in [-0.2, 0) is 0 Å². The molecule has 1 heterocycles. The summed E-state index contributed by atoms with van der Waals surface area (Å²) in [7, 11) is 0. The molecule has 5 heteroatoms. The number of rotatable bonds is 4. The average molecular weight is 276 g/mol. The molecule has 1 aromatic heterocycles. The summed E-state index contributed by atoms with van der Waals surface area (Å²) >= 11 is 3.15. The van der Waals surface area contributed by atoms with E-state index in [0.717, 1.165) is 6.42 Å². The summed E-state index contributed by atoms with van der Waals surface area (Å²) in [5, 5.41) is 2.98. The Morgan fingerprint density at radius 1 is 1.60 bits per heavy atom. The van der Waals surface area contributed by atoms with Gasteiger partial charge in [0.2, 0.25) is 0 Å². The van der Waals surface area contributed by atoms with Crippen LogP contribution < -0.4 is 11.1 Å². The Balaban J connectivity index is 2.64. The molecule has 0 aliphatic rings. The highest BCUT2D eigenvalue weighted by Gasteiger charge is 2.09. The van der Waals surface area contributed by atoms with Crippen molar-refractivity contribution in [1.82, 2.24) is 4.98 Å². The highest BCUT2D eigenvalue weighted by molar-refractivity contribution is 9.10. The number of hydrogen-bond donors (Lipinski definition) is 2. The topological polar surface area (TPSA) is 50.9 Å². The van der Waals surface area contributed by atoms with E-state index in [4.69, 9.17) is 5.73 Å². The van der Waals surface area contributed by atoms with Crippen molar-refractivity contribution in [2.75, 3.05) is 5.32 Å². The van der Waals surface area contributed by atoms with Gasteiger partial charge in [-0.25, -0.2) is 9.37 Å². The number of nitrogens with zero attached hydrogens (tertiary/aromatic N) is 1. The molecule has 2 unspecified atom stereocenters. The second kappa shape index (κ2) is 5.42. The normalized spacial score (nSPS) is 14.7. The van der Waals surface area contributed by atoms with Crippen molar-refractivity contribution in [3.05, 3.63) is 22.6 Å². The lowest BCUT2D eigenvalue weighted by atomic mass is 10.1. The van der Waals surface area contributed by atoms with Gasteiger partial charge in [-0.3, -0.25) is 0 Å². The number of nitrogens with one attached hydrogen (secondary N) is 1. The zero-order valence-corrected chi connectivity index (χ0v) is 10.4. The van der Waals surface area contributed by atoms with Gasteiger partial charge in [-0.2, -0.15) is 0 Å². The van der Waals surface area contributed by atoms with E-state index in [9.17, 15) is 4.39 Å². The second-order valence-electron chi connectivity index (χ2n) is 3.74. The number of anilines is 1. The summed E-state index contributed by atoms with van der Waals surface area (Å²) < 4.78 is 14.0. The van der Waals surface area contributed by atoms with Crippen molar-refractivity contribution < 1.29 is 4.39 Å². The molecule has 0 radical (unpaired) electrons. The fourth-order valence-electron chi connectivity index (χ4n) is 1.37. The lowest BCUT2D eigenvalue weighted by Crippen LogP contribution is -2.26. The molecule has 84 valence electrons. The van der Waals surface area contributed by atoms with Crippen LogP contribution >= 0.6 is 15.9 Å². The Morgan fingerprint density at radius 2 is 2.27 bits per heavy atom. The largest absolute Gasteiger partial charge is 0.365 e. The number of halogens is 2. The van der Waals surface area contributed by atoms with Gasteiger partial charge in [0, 0.05) is 22.8 Å². The summed E-state index contributed by atoms with van der Waals surface area (Å²) in [6, 6.07) is 1.58. The molecular formula is C10H15BrFN3. The van der Waals surface area contributed by atoms with Gasteiger partial charge in [0.05, 0.1) is 0 Å². The minimum atomic E-state index is -0.360. The predicted octanol–water partition coefficient (Wildman–Crippen LogP) is 2.52. The third kappa shape index (κ3) is 4.13. The van der Waals surface area contributed by atoms with E-state index in [2.05, 4.69) is 26.2 Å². The van der Waals surface area contributed by atoms with E-state index in [1.54, 1.807) is 6.20 Å². The fraction of sp³-hybridized carbons (Fsp3) is 0.500.